The van der Waals surface area contributed by atoms with Crippen molar-refractivity contribution in [1.29, 1.82) is 0 Å². The summed E-state index contributed by atoms with van der Waals surface area (Å²) in [6, 6.07) is 17.0. The van der Waals surface area contributed by atoms with E-state index in [2.05, 4.69) is 4.98 Å². The van der Waals surface area contributed by atoms with E-state index in [1.165, 1.54) is 24.3 Å². The fourth-order valence-corrected chi connectivity index (χ4v) is 3.35. The molecule has 0 fully saturated rings. The highest BCUT2D eigenvalue weighted by atomic mass is 19.1. The van der Waals surface area contributed by atoms with E-state index in [0.717, 1.165) is 16.6 Å². The van der Waals surface area contributed by atoms with Crippen molar-refractivity contribution in [3.63, 3.8) is 0 Å². The van der Waals surface area contributed by atoms with Crippen LogP contribution in [-0.2, 0) is 6.54 Å². The lowest BCUT2D eigenvalue weighted by Gasteiger charge is -2.05. The summed E-state index contributed by atoms with van der Waals surface area (Å²) in [4.78, 5) is 14.9. The first-order valence-electron chi connectivity index (χ1n) is 8.55. The van der Waals surface area contributed by atoms with Crippen LogP contribution in [-0.4, -0.2) is 18.9 Å². The maximum atomic E-state index is 13.2. The Hall–Kier alpha value is -3.94. The zero-order valence-corrected chi connectivity index (χ0v) is 14.4. The molecular weight excluding hydrogens is 363 g/mol. The summed E-state index contributed by atoms with van der Waals surface area (Å²) in [5, 5.41) is 10.9. The van der Waals surface area contributed by atoms with Crippen molar-refractivity contribution >= 4 is 22.7 Å². The van der Waals surface area contributed by atoms with Gasteiger partial charge in [0.15, 0.2) is 5.76 Å². The van der Waals surface area contributed by atoms with Gasteiger partial charge in [-0.05, 0) is 35.9 Å². The van der Waals surface area contributed by atoms with Gasteiger partial charge in [-0.15, -0.1) is 0 Å². The van der Waals surface area contributed by atoms with E-state index in [0.29, 0.717) is 23.8 Å². The third kappa shape index (κ3) is 2.54. The lowest BCUT2D eigenvalue weighted by atomic mass is 10.2. The minimum absolute atomic E-state index is 0.284. The molecule has 2 aromatic carbocycles. The Balaban J connectivity index is 1.67. The third-order valence-electron chi connectivity index (χ3n) is 4.64. The normalized spacial score (nSPS) is 11.5. The van der Waals surface area contributed by atoms with Crippen molar-refractivity contribution in [1.82, 2.24) is 14.0 Å². The van der Waals surface area contributed by atoms with Gasteiger partial charge in [0.2, 0.25) is 5.78 Å². The van der Waals surface area contributed by atoms with E-state index < -0.39 is 4.92 Å². The number of nitrogens with zero attached hydrogens (tertiary/aromatic N) is 4. The molecule has 0 aliphatic carbocycles. The Morgan fingerprint density at radius 1 is 1.04 bits per heavy atom. The second-order valence-corrected chi connectivity index (χ2v) is 6.39. The van der Waals surface area contributed by atoms with Crippen LogP contribution in [0.1, 0.15) is 5.56 Å². The van der Waals surface area contributed by atoms with Crippen LogP contribution in [0.5, 0.6) is 0 Å². The second kappa shape index (κ2) is 6.05. The zero-order chi connectivity index (χ0) is 19.3. The Labute approximate surface area is 157 Å². The topological polar surface area (TPSA) is 78.5 Å². The van der Waals surface area contributed by atoms with Crippen LogP contribution < -0.4 is 0 Å². The van der Waals surface area contributed by atoms with Crippen molar-refractivity contribution in [2.45, 2.75) is 6.54 Å². The van der Waals surface area contributed by atoms with Gasteiger partial charge < -0.3 is 8.98 Å². The predicted molar refractivity (Wildman–Crippen MR) is 101 cm³/mol. The van der Waals surface area contributed by atoms with Gasteiger partial charge in [0.05, 0.1) is 23.6 Å². The molecule has 0 spiro atoms. The average Bonchev–Trinajstić information content (AvgIpc) is 3.39. The molecule has 0 N–H and O–H groups in total. The van der Waals surface area contributed by atoms with Crippen LogP contribution in [0, 0.1) is 15.9 Å². The van der Waals surface area contributed by atoms with Crippen molar-refractivity contribution in [3.8, 4) is 11.5 Å². The number of benzene rings is 2. The summed E-state index contributed by atoms with van der Waals surface area (Å²) in [5.74, 6) is 0.382. The first kappa shape index (κ1) is 16.2. The van der Waals surface area contributed by atoms with Gasteiger partial charge in [-0.1, -0.05) is 24.3 Å². The highest BCUT2D eigenvalue weighted by Crippen LogP contribution is 2.29. The fourth-order valence-electron chi connectivity index (χ4n) is 3.35. The van der Waals surface area contributed by atoms with E-state index in [1.54, 1.807) is 18.3 Å². The molecule has 0 atom stereocenters. The molecule has 5 aromatic rings. The fraction of sp³-hybridized carbons (Fsp3) is 0.0500. The van der Waals surface area contributed by atoms with Crippen LogP contribution in [0.4, 0.5) is 10.3 Å². The molecule has 0 unspecified atom stereocenters. The number of halogens is 1. The maximum Gasteiger partial charge on any atom is 0.433 e. The van der Waals surface area contributed by atoms with Crippen LogP contribution in [0.2, 0.25) is 0 Å². The Bertz CT molecular complexity index is 1330. The van der Waals surface area contributed by atoms with Gasteiger partial charge in [-0.2, -0.15) is 0 Å². The maximum absolute atomic E-state index is 13.2. The quantitative estimate of drug-likeness (QED) is 0.338. The minimum atomic E-state index is -0.580. The van der Waals surface area contributed by atoms with Crippen LogP contribution in [0.15, 0.2) is 71.3 Å². The molecule has 0 bridgehead atoms. The van der Waals surface area contributed by atoms with E-state index in [1.807, 2.05) is 33.2 Å². The highest BCUT2D eigenvalue weighted by Gasteiger charge is 2.19. The number of furan rings is 1. The molecule has 0 saturated carbocycles. The SMILES string of the molecule is O=[N+]([O-])c1ccc(-c2cn3c4ccccc4n(Cc4ccc(F)cc4)c3n2)o1. The first-order valence-corrected chi connectivity index (χ1v) is 8.55. The molecule has 0 aliphatic heterocycles. The van der Waals surface area contributed by atoms with Gasteiger partial charge in [0.1, 0.15) is 16.4 Å². The summed E-state index contributed by atoms with van der Waals surface area (Å²) < 4.78 is 22.5. The van der Waals surface area contributed by atoms with E-state index in [-0.39, 0.29) is 11.7 Å². The van der Waals surface area contributed by atoms with E-state index in [4.69, 9.17) is 4.42 Å². The Morgan fingerprint density at radius 3 is 2.50 bits per heavy atom. The van der Waals surface area contributed by atoms with Gasteiger partial charge >= 0.3 is 5.88 Å². The van der Waals surface area contributed by atoms with Gasteiger partial charge in [0.25, 0.3) is 0 Å². The molecule has 138 valence electrons. The Kier molecular flexibility index (Phi) is 3.51. The van der Waals surface area contributed by atoms with Crippen LogP contribution in [0.25, 0.3) is 28.3 Å². The number of para-hydroxylation sites is 2. The largest absolute Gasteiger partial charge is 0.433 e. The van der Waals surface area contributed by atoms with Gasteiger partial charge in [-0.25, -0.2) is 9.37 Å². The Morgan fingerprint density at radius 2 is 1.79 bits per heavy atom. The minimum Gasteiger partial charge on any atom is -0.399 e. The molecule has 0 aliphatic rings. The number of hydrogen-bond acceptors (Lipinski definition) is 4. The lowest BCUT2D eigenvalue weighted by Crippen LogP contribution is -2.00. The smallest absolute Gasteiger partial charge is 0.399 e. The zero-order valence-electron chi connectivity index (χ0n) is 14.4. The predicted octanol–water partition coefficient (Wildman–Crippen LogP) is 4.64. The van der Waals surface area contributed by atoms with Crippen LogP contribution >= 0.6 is 0 Å². The number of aromatic nitrogens is 3. The lowest BCUT2D eigenvalue weighted by molar-refractivity contribution is -0.401. The summed E-state index contributed by atoms with van der Waals surface area (Å²) in [6.45, 7) is 0.506. The van der Waals surface area contributed by atoms with Gasteiger partial charge in [0, 0.05) is 6.20 Å². The monoisotopic (exact) mass is 376 g/mol. The number of hydrogen-bond donors (Lipinski definition) is 0. The molecule has 3 aromatic heterocycles. The second-order valence-electron chi connectivity index (χ2n) is 6.39. The molecule has 5 rings (SSSR count). The average molecular weight is 376 g/mol. The molecule has 0 amide bonds. The number of nitro groups is 1. The molecule has 0 radical (unpaired) electrons. The highest BCUT2D eigenvalue weighted by molar-refractivity contribution is 5.82. The van der Waals surface area contributed by atoms with Crippen molar-refractivity contribution in [2.75, 3.05) is 0 Å². The van der Waals surface area contributed by atoms with Crippen molar-refractivity contribution < 1.29 is 13.7 Å². The van der Waals surface area contributed by atoms with Crippen LogP contribution in [0.3, 0.4) is 0 Å². The number of imidazole rings is 2. The summed E-state index contributed by atoms with van der Waals surface area (Å²) in [7, 11) is 0. The number of rotatable bonds is 4. The standard InChI is InChI=1S/C20H13FN4O3/c21-14-7-5-13(6-8-14)11-23-16-3-1-2-4-17(16)24-12-15(22-20(23)24)18-9-10-19(28-18)25(26)27/h1-10,12H,11H2. The van der Waals surface area contributed by atoms with Crippen molar-refractivity contribution in [2.24, 2.45) is 0 Å². The van der Waals surface area contributed by atoms with Crippen molar-refractivity contribution in [3.05, 3.63) is 88.4 Å². The molecular formula is C20H13FN4O3. The molecule has 7 nitrogen and oxygen atoms in total. The summed E-state index contributed by atoms with van der Waals surface area (Å²) >= 11 is 0. The summed E-state index contributed by atoms with van der Waals surface area (Å²) in [6.07, 6.45) is 1.79. The van der Waals surface area contributed by atoms with E-state index >= 15 is 0 Å². The molecule has 3 heterocycles. The molecule has 8 heteroatoms. The molecule has 28 heavy (non-hydrogen) atoms. The van der Waals surface area contributed by atoms with E-state index in [9.17, 15) is 14.5 Å². The summed E-state index contributed by atoms with van der Waals surface area (Å²) in [5.41, 5.74) is 3.36. The molecule has 0 saturated heterocycles. The van der Waals surface area contributed by atoms with Gasteiger partial charge in [-0.3, -0.25) is 14.5 Å². The third-order valence-corrected chi connectivity index (χ3v) is 4.64. The number of fused-ring (bicyclic) bond motifs is 3. The first-order chi connectivity index (χ1) is 13.6.